The van der Waals surface area contributed by atoms with E-state index < -0.39 is 23.9 Å². The lowest BCUT2D eigenvalue weighted by Gasteiger charge is -2.13. The van der Waals surface area contributed by atoms with Crippen molar-refractivity contribution >= 4 is 17.7 Å². The molecule has 0 amide bonds. The number of phenols is 2. The molecule has 8 N–H and O–H groups in total. The third-order valence-corrected chi connectivity index (χ3v) is 3.57. The first-order chi connectivity index (χ1) is 8.86. The Morgan fingerprint density at radius 2 is 2.00 bits per heavy atom. The first-order valence-corrected chi connectivity index (χ1v) is 6.40. The summed E-state index contributed by atoms with van der Waals surface area (Å²) in [5, 5.41) is 37.4. The number of benzene rings is 1. The van der Waals surface area contributed by atoms with Gasteiger partial charge in [-0.2, -0.15) is 0 Å². The lowest BCUT2D eigenvalue weighted by Crippen LogP contribution is -2.32. The van der Waals surface area contributed by atoms with E-state index in [2.05, 4.69) is 0 Å². The number of aliphatic carboxylic acids is 1. The monoisotopic (exact) mass is 288 g/mol. The molecule has 0 aliphatic carbocycles. The Kier molecular flexibility index (Phi) is 5.43. The number of aliphatic hydroxyl groups is 1. The van der Waals surface area contributed by atoms with Gasteiger partial charge in [-0.15, -0.1) is 11.8 Å². The number of hydrogen-bond acceptors (Lipinski definition) is 7. The molecule has 19 heavy (non-hydrogen) atoms. The van der Waals surface area contributed by atoms with E-state index in [9.17, 15) is 20.1 Å². The molecule has 0 aliphatic heterocycles. The molecule has 0 spiro atoms. The Hall–Kier alpha value is -1.48. The van der Waals surface area contributed by atoms with Crippen LogP contribution in [0.2, 0.25) is 0 Å². The van der Waals surface area contributed by atoms with Crippen molar-refractivity contribution in [3.8, 4) is 11.5 Å². The zero-order valence-electron chi connectivity index (χ0n) is 9.98. The molecule has 2 atom stereocenters. The first-order valence-electron chi connectivity index (χ1n) is 5.42. The summed E-state index contributed by atoms with van der Waals surface area (Å²) in [5.41, 5.74) is 11.0. The van der Waals surface area contributed by atoms with Crippen molar-refractivity contribution in [3.63, 3.8) is 0 Å². The molecule has 0 radical (unpaired) electrons. The van der Waals surface area contributed by atoms with Gasteiger partial charge in [0.25, 0.3) is 0 Å². The summed E-state index contributed by atoms with van der Waals surface area (Å²) >= 11 is 0.972. The maximum Gasteiger partial charge on any atom is 0.321 e. The molecule has 0 fully saturated rings. The van der Waals surface area contributed by atoms with Crippen LogP contribution in [0.4, 0.5) is 0 Å². The van der Waals surface area contributed by atoms with Gasteiger partial charge in [0, 0.05) is 12.3 Å². The average molecular weight is 288 g/mol. The zero-order chi connectivity index (χ0) is 14.6. The highest BCUT2D eigenvalue weighted by atomic mass is 32.2. The lowest BCUT2D eigenvalue weighted by atomic mass is 10.1. The summed E-state index contributed by atoms with van der Waals surface area (Å²) in [7, 11) is 0. The number of carboxylic acid groups (broad SMARTS) is 1. The fraction of sp³-hybridized carbons (Fsp3) is 0.364. The van der Waals surface area contributed by atoms with E-state index in [1.165, 1.54) is 12.1 Å². The molecule has 7 nitrogen and oxygen atoms in total. The molecule has 0 saturated carbocycles. The van der Waals surface area contributed by atoms with Crippen LogP contribution in [-0.2, 0) is 4.79 Å². The maximum absolute atomic E-state index is 10.6. The van der Waals surface area contributed by atoms with Gasteiger partial charge in [-0.05, 0) is 17.7 Å². The van der Waals surface area contributed by atoms with E-state index in [0.29, 0.717) is 5.56 Å². The fourth-order valence-electron chi connectivity index (χ4n) is 1.30. The van der Waals surface area contributed by atoms with Gasteiger partial charge in [0.2, 0.25) is 0 Å². The number of carboxylic acids is 1. The highest BCUT2D eigenvalue weighted by Crippen LogP contribution is 2.38. The molecule has 0 aromatic heterocycles. The van der Waals surface area contributed by atoms with Crippen LogP contribution in [0, 0.1) is 0 Å². The summed E-state index contributed by atoms with van der Waals surface area (Å²) in [6, 6.07) is 1.55. The Bertz CT molecular complexity index is 469. The number of phenolic OH excluding ortho intramolecular Hbond substituents is 2. The van der Waals surface area contributed by atoms with Crippen molar-refractivity contribution in [1.82, 2.24) is 0 Å². The second-order valence-corrected chi connectivity index (χ2v) is 4.96. The number of rotatable bonds is 6. The van der Waals surface area contributed by atoms with Gasteiger partial charge in [0.1, 0.15) is 6.04 Å². The highest BCUT2D eigenvalue weighted by Gasteiger charge is 2.17. The molecular formula is C11H16N2O5S. The smallest absolute Gasteiger partial charge is 0.321 e. The van der Waals surface area contributed by atoms with Gasteiger partial charge in [-0.3, -0.25) is 4.79 Å². The van der Waals surface area contributed by atoms with Crippen molar-refractivity contribution in [2.24, 2.45) is 11.5 Å². The van der Waals surface area contributed by atoms with Crippen LogP contribution in [0.1, 0.15) is 11.7 Å². The Labute approximate surface area is 113 Å². The fourth-order valence-corrected chi connectivity index (χ4v) is 2.27. The van der Waals surface area contributed by atoms with Gasteiger partial charge in [0.15, 0.2) is 11.5 Å². The minimum Gasteiger partial charge on any atom is -0.504 e. The van der Waals surface area contributed by atoms with Crippen molar-refractivity contribution in [1.29, 1.82) is 0 Å². The average Bonchev–Trinajstić information content (AvgIpc) is 2.38. The summed E-state index contributed by atoms with van der Waals surface area (Å²) in [6.45, 7) is -0.0387. The van der Waals surface area contributed by atoms with Crippen molar-refractivity contribution in [3.05, 3.63) is 17.7 Å². The van der Waals surface area contributed by atoms with Gasteiger partial charge < -0.3 is 31.9 Å². The minimum atomic E-state index is -1.16. The van der Waals surface area contributed by atoms with Gasteiger partial charge in [0.05, 0.1) is 11.0 Å². The standard InChI is InChI=1S/C11H16N2O5S/c12-3-8(15)5-1-7(14)10(16)9(2-5)19-4-6(13)11(17)18/h1-2,6,8,14-16H,3-4,12-13H2,(H,17,18)/t6-,8-/m0/s1. The summed E-state index contributed by atoms with van der Waals surface area (Å²) < 4.78 is 0. The van der Waals surface area contributed by atoms with Crippen LogP contribution in [0.25, 0.3) is 0 Å². The lowest BCUT2D eigenvalue weighted by molar-refractivity contribution is -0.137. The molecule has 0 heterocycles. The van der Waals surface area contributed by atoms with E-state index in [1.54, 1.807) is 0 Å². The molecule has 8 heteroatoms. The molecule has 0 saturated heterocycles. The zero-order valence-corrected chi connectivity index (χ0v) is 10.8. The molecule has 1 rings (SSSR count). The van der Waals surface area contributed by atoms with Crippen LogP contribution >= 0.6 is 11.8 Å². The van der Waals surface area contributed by atoms with E-state index >= 15 is 0 Å². The van der Waals surface area contributed by atoms with Crippen LogP contribution in [-0.4, -0.2) is 44.7 Å². The quantitative estimate of drug-likeness (QED) is 0.305. The van der Waals surface area contributed by atoms with E-state index in [1.807, 2.05) is 0 Å². The molecule has 0 bridgehead atoms. The van der Waals surface area contributed by atoms with Crippen molar-refractivity contribution < 1.29 is 25.2 Å². The highest BCUT2D eigenvalue weighted by molar-refractivity contribution is 7.99. The van der Waals surface area contributed by atoms with Crippen molar-refractivity contribution in [2.45, 2.75) is 17.0 Å². The third-order valence-electron chi connectivity index (χ3n) is 2.42. The van der Waals surface area contributed by atoms with Gasteiger partial charge >= 0.3 is 5.97 Å². The van der Waals surface area contributed by atoms with Gasteiger partial charge in [-0.25, -0.2) is 0 Å². The Morgan fingerprint density at radius 1 is 1.37 bits per heavy atom. The van der Waals surface area contributed by atoms with Crippen LogP contribution in [0.3, 0.4) is 0 Å². The predicted octanol–water partition coefficient (Wildman–Crippen LogP) is -0.406. The maximum atomic E-state index is 10.6. The van der Waals surface area contributed by atoms with Crippen LogP contribution in [0.15, 0.2) is 17.0 Å². The van der Waals surface area contributed by atoms with E-state index in [-0.39, 0.29) is 22.9 Å². The number of nitrogens with two attached hydrogens (primary N) is 2. The summed E-state index contributed by atoms with van der Waals surface area (Å²) in [5.74, 6) is -1.92. The molecule has 1 aromatic carbocycles. The first kappa shape index (κ1) is 15.6. The number of aromatic hydroxyl groups is 2. The van der Waals surface area contributed by atoms with Crippen LogP contribution in [0.5, 0.6) is 11.5 Å². The predicted molar refractivity (Wildman–Crippen MR) is 70.1 cm³/mol. The second kappa shape index (κ2) is 6.62. The number of aliphatic hydroxyl groups excluding tert-OH is 1. The minimum absolute atomic E-state index is 0.0184. The second-order valence-electron chi connectivity index (χ2n) is 3.89. The molecular weight excluding hydrogens is 272 g/mol. The van der Waals surface area contributed by atoms with Gasteiger partial charge in [-0.1, -0.05) is 0 Å². The Balaban J connectivity index is 2.93. The SMILES string of the molecule is NC[C@H](O)c1cc(O)c(O)c(SC[C@H](N)C(=O)O)c1. The molecule has 0 aliphatic rings. The largest absolute Gasteiger partial charge is 0.504 e. The van der Waals surface area contributed by atoms with E-state index in [4.69, 9.17) is 16.6 Å². The number of carbonyl (C=O) groups is 1. The topological polar surface area (TPSA) is 150 Å². The Morgan fingerprint density at radius 3 is 2.53 bits per heavy atom. The van der Waals surface area contributed by atoms with Crippen molar-refractivity contribution in [2.75, 3.05) is 12.3 Å². The number of hydrogen-bond donors (Lipinski definition) is 6. The summed E-state index contributed by atoms with van der Waals surface area (Å²) in [6.07, 6.45) is -0.973. The molecule has 0 unspecified atom stereocenters. The normalized spacial score (nSPS) is 14.1. The third kappa shape index (κ3) is 4.00. The van der Waals surface area contributed by atoms with Crippen LogP contribution < -0.4 is 11.5 Å². The molecule has 106 valence electrons. The summed E-state index contributed by atoms with van der Waals surface area (Å²) in [4.78, 5) is 10.8. The number of thioether (sulfide) groups is 1. The molecule has 1 aromatic rings. The van der Waals surface area contributed by atoms with E-state index in [0.717, 1.165) is 11.8 Å².